The number of ether oxygens (including phenoxy) is 2. The Hall–Kier alpha value is -3.63. The van der Waals surface area contributed by atoms with Crippen molar-refractivity contribution < 1.29 is 19.1 Å². The Morgan fingerprint density at radius 3 is 2.42 bits per heavy atom. The van der Waals surface area contributed by atoms with E-state index in [0.717, 1.165) is 21.5 Å². The second-order valence-electron chi connectivity index (χ2n) is 7.69. The third-order valence-electron chi connectivity index (χ3n) is 5.10. The number of rotatable bonds is 9. The number of benzene rings is 3. The summed E-state index contributed by atoms with van der Waals surface area (Å²) in [6.07, 6.45) is 0. The van der Waals surface area contributed by atoms with E-state index in [9.17, 15) is 9.59 Å². The molecule has 0 bridgehead atoms. The third kappa shape index (κ3) is 6.32. The number of aryl methyl sites for hydroxylation is 1. The molecular formula is C26H23BrN4O4S. The molecular weight excluding hydrogens is 544 g/mol. The SMILES string of the molecule is COC(=O)c1ccc(NC(=O)CSc2nnc(COc3ccc(C)cc3)n2-c2ccccc2Br)cc1. The Labute approximate surface area is 221 Å². The molecule has 8 nitrogen and oxygen atoms in total. The normalized spacial score (nSPS) is 10.6. The van der Waals surface area contributed by atoms with Crippen LogP contribution in [0.1, 0.15) is 21.7 Å². The molecule has 184 valence electrons. The maximum atomic E-state index is 12.6. The van der Waals surface area contributed by atoms with Crippen molar-refractivity contribution in [3.8, 4) is 11.4 Å². The third-order valence-corrected chi connectivity index (χ3v) is 6.70. The predicted molar refractivity (Wildman–Crippen MR) is 142 cm³/mol. The number of nitrogens with zero attached hydrogens (tertiary/aromatic N) is 3. The van der Waals surface area contributed by atoms with E-state index in [0.29, 0.717) is 22.2 Å². The summed E-state index contributed by atoms with van der Waals surface area (Å²) in [7, 11) is 1.32. The second kappa shape index (κ2) is 11.9. The van der Waals surface area contributed by atoms with Crippen LogP contribution < -0.4 is 10.1 Å². The van der Waals surface area contributed by atoms with E-state index in [1.165, 1.54) is 18.9 Å². The minimum atomic E-state index is -0.433. The van der Waals surface area contributed by atoms with Crippen LogP contribution in [0.4, 0.5) is 5.69 Å². The van der Waals surface area contributed by atoms with Gasteiger partial charge in [0, 0.05) is 10.2 Å². The molecule has 10 heteroatoms. The van der Waals surface area contributed by atoms with Gasteiger partial charge in [0.15, 0.2) is 11.0 Å². The molecule has 0 aliphatic rings. The Bertz CT molecular complexity index is 1360. The van der Waals surface area contributed by atoms with Crippen LogP contribution in [0.15, 0.2) is 82.4 Å². The number of hydrogen-bond acceptors (Lipinski definition) is 7. The van der Waals surface area contributed by atoms with Crippen LogP contribution in [0, 0.1) is 6.92 Å². The highest BCUT2D eigenvalue weighted by molar-refractivity contribution is 9.10. The Kier molecular flexibility index (Phi) is 8.40. The molecule has 0 aliphatic heterocycles. The molecule has 0 spiro atoms. The summed E-state index contributed by atoms with van der Waals surface area (Å²) in [6, 6.07) is 22.0. The second-order valence-corrected chi connectivity index (χ2v) is 9.49. The van der Waals surface area contributed by atoms with E-state index in [1.807, 2.05) is 60.0 Å². The zero-order chi connectivity index (χ0) is 25.5. The van der Waals surface area contributed by atoms with Gasteiger partial charge in [-0.3, -0.25) is 9.36 Å². The van der Waals surface area contributed by atoms with Gasteiger partial charge in [-0.2, -0.15) is 0 Å². The van der Waals surface area contributed by atoms with Crippen molar-refractivity contribution in [1.29, 1.82) is 0 Å². The van der Waals surface area contributed by atoms with E-state index >= 15 is 0 Å². The van der Waals surface area contributed by atoms with Crippen molar-refractivity contribution in [2.75, 3.05) is 18.2 Å². The monoisotopic (exact) mass is 566 g/mol. The average Bonchev–Trinajstić information content (AvgIpc) is 3.30. The van der Waals surface area contributed by atoms with Crippen LogP contribution >= 0.6 is 27.7 Å². The Balaban J connectivity index is 1.48. The van der Waals surface area contributed by atoms with Crippen molar-refractivity contribution >= 4 is 45.3 Å². The number of para-hydroxylation sites is 1. The highest BCUT2D eigenvalue weighted by Crippen LogP contribution is 2.28. The standard InChI is InChI=1S/C26H23BrN4O4S/c1-17-7-13-20(14-8-17)35-15-23-29-30-26(31(23)22-6-4-3-5-21(22)27)36-16-24(32)28-19-11-9-18(10-12-19)25(33)34-2/h3-14H,15-16H2,1-2H3,(H,28,32). The summed E-state index contributed by atoms with van der Waals surface area (Å²) in [4.78, 5) is 24.2. The summed E-state index contributed by atoms with van der Waals surface area (Å²) in [5.74, 6) is 0.792. The van der Waals surface area contributed by atoms with Gasteiger partial charge < -0.3 is 14.8 Å². The highest BCUT2D eigenvalue weighted by atomic mass is 79.9. The number of aromatic nitrogens is 3. The van der Waals surface area contributed by atoms with Crippen LogP contribution in [0.25, 0.3) is 5.69 Å². The maximum absolute atomic E-state index is 12.6. The fourth-order valence-corrected chi connectivity index (χ4v) is 4.51. The molecule has 0 fully saturated rings. The minimum Gasteiger partial charge on any atom is -0.486 e. The van der Waals surface area contributed by atoms with Crippen LogP contribution in [-0.2, 0) is 16.1 Å². The zero-order valence-electron chi connectivity index (χ0n) is 19.6. The lowest BCUT2D eigenvalue weighted by Crippen LogP contribution is -2.15. The van der Waals surface area contributed by atoms with Gasteiger partial charge >= 0.3 is 5.97 Å². The first kappa shape index (κ1) is 25.5. The number of methoxy groups -OCH3 is 1. The van der Waals surface area contributed by atoms with Crippen molar-refractivity contribution in [2.45, 2.75) is 18.7 Å². The van der Waals surface area contributed by atoms with E-state index < -0.39 is 5.97 Å². The fraction of sp³-hybridized carbons (Fsp3) is 0.154. The van der Waals surface area contributed by atoms with E-state index in [2.05, 4.69) is 31.4 Å². The summed E-state index contributed by atoms with van der Waals surface area (Å²) in [5, 5.41) is 12.0. The topological polar surface area (TPSA) is 95.3 Å². The summed E-state index contributed by atoms with van der Waals surface area (Å²) >= 11 is 4.86. The molecule has 4 rings (SSSR count). The number of halogens is 1. The van der Waals surface area contributed by atoms with Gasteiger partial charge in [-0.25, -0.2) is 4.79 Å². The van der Waals surface area contributed by atoms with Gasteiger partial charge in [-0.05, 0) is 71.4 Å². The molecule has 3 aromatic carbocycles. The van der Waals surface area contributed by atoms with Crippen molar-refractivity contribution in [3.63, 3.8) is 0 Å². The number of thioether (sulfide) groups is 1. The summed E-state index contributed by atoms with van der Waals surface area (Å²) < 4.78 is 13.4. The predicted octanol–water partition coefficient (Wildman–Crippen LogP) is 5.43. The largest absolute Gasteiger partial charge is 0.486 e. The van der Waals surface area contributed by atoms with Gasteiger partial charge in [-0.15, -0.1) is 10.2 Å². The molecule has 4 aromatic rings. The fourth-order valence-electron chi connectivity index (χ4n) is 3.28. The Morgan fingerprint density at radius 1 is 1.00 bits per heavy atom. The van der Waals surface area contributed by atoms with Gasteiger partial charge in [-0.1, -0.05) is 41.6 Å². The molecule has 36 heavy (non-hydrogen) atoms. The van der Waals surface area contributed by atoms with Crippen LogP contribution in [0.2, 0.25) is 0 Å². The van der Waals surface area contributed by atoms with E-state index in [-0.39, 0.29) is 18.3 Å². The van der Waals surface area contributed by atoms with E-state index in [1.54, 1.807) is 24.3 Å². The molecule has 0 saturated heterocycles. The molecule has 0 saturated carbocycles. The highest BCUT2D eigenvalue weighted by Gasteiger charge is 2.18. The number of anilines is 1. The van der Waals surface area contributed by atoms with Gasteiger partial charge in [0.1, 0.15) is 12.4 Å². The molecule has 0 aliphatic carbocycles. The molecule has 0 radical (unpaired) electrons. The lowest BCUT2D eigenvalue weighted by atomic mass is 10.2. The van der Waals surface area contributed by atoms with Gasteiger partial charge in [0.2, 0.25) is 5.91 Å². The lowest BCUT2D eigenvalue weighted by Gasteiger charge is -2.13. The van der Waals surface area contributed by atoms with Crippen molar-refractivity contribution in [2.24, 2.45) is 0 Å². The van der Waals surface area contributed by atoms with Crippen LogP contribution in [0.3, 0.4) is 0 Å². The molecule has 1 aromatic heterocycles. The number of hydrogen-bond donors (Lipinski definition) is 1. The summed E-state index contributed by atoms with van der Waals surface area (Å²) in [6.45, 7) is 2.22. The first-order valence-corrected chi connectivity index (χ1v) is 12.7. The van der Waals surface area contributed by atoms with E-state index in [4.69, 9.17) is 9.47 Å². The molecule has 1 heterocycles. The Morgan fingerprint density at radius 2 is 1.72 bits per heavy atom. The van der Waals surface area contributed by atoms with Gasteiger partial charge in [0.25, 0.3) is 0 Å². The number of nitrogens with one attached hydrogen (secondary N) is 1. The number of carbonyl (C=O) groups is 2. The van der Waals surface area contributed by atoms with Crippen molar-refractivity contribution in [3.05, 3.63) is 94.2 Å². The molecule has 1 N–H and O–H groups in total. The number of esters is 1. The lowest BCUT2D eigenvalue weighted by molar-refractivity contribution is -0.113. The maximum Gasteiger partial charge on any atom is 0.337 e. The first-order valence-electron chi connectivity index (χ1n) is 10.9. The van der Waals surface area contributed by atoms with Crippen molar-refractivity contribution in [1.82, 2.24) is 14.8 Å². The quantitative estimate of drug-likeness (QED) is 0.213. The van der Waals surface area contributed by atoms with Gasteiger partial charge in [0.05, 0.1) is 24.1 Å². The number of amides is 1. The molecule has 1 amide bonds. The number of carbonyl (C=O) groups excluding carboxylic acids is 2. The zero-order valence-corrected chi connectivity index (χ0v) is 22.0. The minimum absolute atomic E-state index is 0.111. The summed E-state index contributed by atoms with van der Waals surface area (Å²) in [5.41, 5.74) is 2.97. The smallest absolute Gasteiger partial charge is 0.337 e. The van der Waals surface area contributed by atoms with Crippen LogP contribution in [0.5, 0.6) is 5.75 Å². The first-order chi connectivity index (χ1) is 17.4. The molecule has 0 atom stereocenters. The average molecular weight is 567 g/mol. The van der Waals surface area contributed by atoms with Crippen LogP contribution in [-0.4, -0.2) is 39.5 Å². The molecule has 0 unspecified atom stereocenters.